The van der Waals surface area contributed by atoms with E-state index >= 15 is 0 Å². The summed E-state index contributed by atoms with van der Waals surface area (Å²) in [5, 5.41) is 0. The van der Waals surface area contributed by atoms with Crippen LogP contribution in [0.4, 0.5) is 5.69 Å². The number of hydrogen-bond acceptors (Lipinski definition) is 3. The van der Waals surface area contributed by atoms with Crippen molar-refractivity contribution in [3.63, 3.8) is 0 Å². The number of likely N-dealkylation sites (tertiary alicyclic amines) is 1. The lowest BCUT2D eigenvalue weighted by Gasteiger charge is -2.40. The first-order valence-electron chi connectivity index (χ1n) is 8.32. The van der Waals surface area contributed by atoms with E-state index in [-0.39, 0.29) is 37.0 Å². The number of carbonyl (C=O) groups excluding carboxylic acids is 2. The summed E-state index contributed by atoms with van der Waals surface area (Å²) in [4.78, 5) is 28.6. The molecule has 124 valence electrons. The molecule has 0 aliphatic carbocycles. The molecule has 1 fully saturated rings. The molecule has 1 saturated heterocycles. The van der Waals surface area contributed by atoms with Crippen LogP contribution in [0.25, 0.3) is 0 Å². The van der Waals surface area contributed by atoms with Crippen LogP contribution in [0.3, 0.4) is 0 Å². The number of rotatable bonds is 2. The van der Waals surface area contributed by atoms with E-state index < -0.39 is 0 Å². The highest BCUT2D eigenvalue weighted by Crippen LogP contribution is 2.33. The second-order valence-corrected chi connectivity index (χ2v) is 6.67. The Morgan fingerprint density at radius 1 is 1.26 bits per heavy atom. The first kappa shape index (κ1) is 15.8. The molecule has 0 bridgehead atoms. The number of benzene rings is 1. The number of piperidine rings is 1. The molecule has 2 amide bonds. The molecule has 2 atom stereocenters. The summed E-state index contributed by atoms with van der Waals surface area (Å²) < 4.78 is 5.47. The number of aryl methyl sites for hydroxylation is 1. The average Bonchev–Trinajstić information content (AvgIpc) is 2.50. The van der Waals surface area contributed by atoms with Gasteiger partial charge in [0.15, 0.2) is 6.61 Å². The summed E-state index contributed by atoms with van der Waals surface area (Å²) in [5.41, 5.74) is 1.74. The van der Waals surface area contributed by atoms with Crippen molar-refractivity contribution in [2.45, 2.75) is 52.1 Å². The Hall–Kier alpha value is -2.04. The molecule has 0 unspecified atom stereocenters. The van der Waals surface area contributed by atoms with E-state index in [9.17, 15) is 9.59 Å². The molecule has 2 aliphatic rings. The van der Waals surface area contributed by atoms with Gasteiger partial charge in [-0.05, 0) is 57.7 Å². The summed E-state index contributed by atoms with van der Waals surface area (Å²) >= 11 is 0. The Kier molecular flexibility index (Phi) is 4.28. The standard InChI is InChI=1S/C18H24N2O3/c1-12-7-8-16-15(9-12)19(18(22)11-23-16)10-17(21)20-13(2)5-4-6-14(20)3/h7-9,13-14H,4-6,10-11H2,1-3H3/t13-,14-/m0/s1. The zero-order valence-corrected chi connectivity index (χ0v) is 14.0. The van der Waals surface area contributed by atoms with Gasteiger partial charge in [0.25, 0.3) is 5.91 Å². The number of amides is 2. The van der Waals surface area contributed by atoms with Gasteiger partial charge in [-0.25, -0.2) is 0 Å². The molecule has 5 nitrogen and oxygen atoms in total. The molecule has 3 rings (SSSR count). The van der Waals surface area contributed by atoms with Crippen LogP contribution in [0.15, 0.2) is 18.2 Å². The smallest absolute Gasteiger partial charge is 0.265 e. The van der Waals surface area contributed by atoms with Crippen LogP contribution in [-0.2, 0) is 9.59 Å². The van der Waals surface area contributed by atoms with E-state index in [1.807, 2.05) is 30.0 Å². The van der Waals surface area contributed by atoms with Gasteiger partial charge in [-0.3, -0.25) is 14.5 Å². The van der Waals surface area contributed by atoms with Crippen molar-refractivity contribution in [1.82, 2.24) is 4.90 Å². The van der Waals surface area contributed by atoms with Gasteiger partial charge >= 0.3 is 0 Å². The van der Waals surface area contributed by atoms with E-state index in [0.29, 0.717) is 11.4 Å². The van der Waals surface area contributed by atoms with E-state index in [0.717, 1.165) is 24.8 Å². The maximum atomic E-state index is 12.8. The third-order valence-corrected chi connectivity index (χ3v) is 4.83. The van der Waals surface area contributed by atoms with Gasteiger partial charge in [0.1, 0.15) is 12.3 Å². The Morgan fingerprint density at radius 2 is 1.96 bits per heavy atom. The normalized spacial score (nSPS) is 24.2. The van der Waals surface area contributed by atoms with Crippen molar-refractivity contribution in [1.29, 1.82) is 0 Å². The molecule has 0 N–H and O–H groups in total. The highest BCUT2D eigenvalue weighted by molar-refractivity contribution is 6.02. The zero-order chi connectivity index (χ0) is 16.6. The molecule has 0 radical (unpaired) electrons. The monoisotopic (exact) mass is 316 g/mol. The van der Waals surface area contributed by atoms with Crippen molar-refractivity contribution in [3.8, 4) is 5.75 Å². The maximum absolute atomic E-state index is 12.8. The minimum absolute atomic E-state index is 0.00551. The summed E-state index contributed by atoms with van der Waals surface area (Å²) in [6, 6.07) is 6.19. The lowest BCUT2D eigenvalue weighted by atomic mass is 9.97. The SMILES string of the molecule is Cc1ccc2c(c1)N(CC(=O)N1[C@@H](C)CCC[C@@H]1C)C(=O)CO2. The van der Waals surface area contributed by atoms with E-state index in [2.05, 4.69) is 13.8 Å². The fourth-order valence-electron chi connectivity index (χ4n) is 3.62. The maximum Gasteiger partial charge on any atom is 0.265 e. The van der Waals surface area contributed by atoms with Crippen molar-refractivity contribution in [2.75, 3.05) is 18.1 Å². The van der Waals surface area contributed by atoms with Gasteiger partial charge in [-0.1, -0.05) is 6.07 Å². The first-order chi connectivity index (χ1) is 11.0. The van der Waals surface area contributed by atoms with Gasteiger partial charge in [0.05, 0.1) is 5.69 Å². The largest absolute Gasteiger partial charge is 0.482 e. The molecule has 23 heavy (non-hydrogen) atoms. The molecular formula is C18H24N2O3. The predicted octanol–water partition coefficient (Wildman–Crippen LogP) is 2.51. The van der Waals surface area contributed by atoms with Crippen LogP contribution < -0.4 is 9.64 Å². The van der Waals surface area contributed by atoms with Gasteiger partial charge in [0, 0.05) is 12.1 Å². The van der Waals surface area contributed by atoms with Gasteiger partial charge in [0.2, 0.25) is 5.91 Å². The first-order valence-corrected chi connectivity index (χ1v) is 8.32. The Labute approximate surface area is 137 Å². The molecule has 2 aliphatic heterocycles. The molecule has 0 aromatic heterocycles. The molecular weight excluding hydrogens is 292 g/mol. The fourth-order valence-corrected chi connectivity index (χ4v) is 3.62. The quantitative estimate of drug-likeness (QED) is 0.842. The topological polar surface area (TPSA) is 49.9 Å². The lowest BCUT2D eigenvalue weighted by Crippen LogP contribution is -2.53. The van der Waals surface area contributed by atoms with Gasteiger partial charge < -0.3 is 9.64 Å². The highest BCUT2D eigenvalue weighted by atomic mass is 16.5. The third kappa shape index (κ3) is 3.05. The summed E-state index contributed by atoms with van der Waals surface area (Å²) in [5.74, 6) is 0.531. The van der Waals surface area contributed by atoms with Crippen LogP contribution in [0.5, 0.6) is 5.75 Å². The van der Waals surface area contributed by atoms with E-state index in [4.69, 9.17) is 4.74 Å². The van der Waals surface area contributed by atoms with Gasteiger partial charge in [-0.2, -0.15) is 0 Å². The predicted molar refractivity (Wildman–Crippen MR) is 88.6 cm³/mol. The average molecular weight is 316 g/mol. The van der Waals surface area contributed by atoms with Crippen molar-refractivity contribution < 1.29 is 14.3 Å². The third-order valence-electron chi connectivity index (χ3n) is 4.83. The molecule has 1 aromatic rings. The van der Waals surface area contributed by atoms with Gasteiger partial charge in [-0.15, -0.1) is 0 Å². The van der Waals surface area contributed by atoms with Crippen LogP contribution in [0, 0.1) is 6.92 Å². The summed E-state index contributed by atoms with van der Waals surface area (Å²) in [6.07, 6.45) is 3.22. The van der Waals surface area contributed by atoms with E-state index in [1.54, 1.807) is 4.90 Å². The number of anilines is 1. The molecule has 2 heterocycles. The Bertz CT molecular complexity index is 619. The fraction of sp³-hybridized carbons (Fsp3) is 0.556. The Morgan fingerprint density at radius 3 is 2.65 bits per heavy atom. The van der Waals surface area contributed by atoms with E-state index in [1.165, 1.54) is 0 Å². The summed E-state index contributed by atoms with van der Waals surface area (Å²) in [7, 11) is 0. The number of fused-ring (bicyclic) bond motifs is 1. The zero-order valence-electron chi connectivity index (χ0n) is 14.0. The minimum atomic E-state index is -0.159. The minimum Gasteiger partial charge on any atom is -0.482 e. The molecule has 0 spiro atoms. The van der Waals surface area contributed by atoms with Crippen LogP contribution >= 0.6 is 0 Å². The van der Waals surface area contributed by atoms with Crippen molar-refractivity contribution in [3.05, 3.63) is 23.8 Å². The van der Waals surface area contributed by atoms with Crippen molar-refractivity contribution in [2.24, 2.45) is 0 Å². The number of nitrogens with zero attached hydrogens (tertiary/aromatic N) is 2. The van der Waals surface area contributed by atoms with Crippen LogP contribution in [0.1, 0.15) is 38.7 Å². The number of hydrogen-bond donors (Lipinski definition) is 0. The molecule has 5 heteroatoms. The second kappa shape index (κ2) is 6.22. The number of carbonyl (C=O) groups is 2. The Balaban J connectivity index is 1.83. The van der Waals surface area contributed by atoms with Crippen LogP contribution in [0.2, 0.25) is 0 Å². The second-order valence-electron chi connectivity index (χ2n) is 6.67. The summed E-state index contributed by atoms with van der Waals surface area (Å²) in [6.45, 7) is 6.23. The highest BCUT2D eigenvalue weighted by Gasteiger charge is 2.33. The molecule has 1 aromatic carbocycles. The lowest BCUT2D eigenvalue weighted by molar-refractivity contribution is -0.137. The number of ether oxygens (including phenoxy) is 1. The van der Waals surface area contributed by atoms with Crippen LogP contribution in [-0.4, -0.2) is 41.9 Å². The van der Waals surface area contributed by atoms with Crippen molar-refractivity contribution >= 4 is 17.5 Å². The molecule has 0 saturated carbocycles.